The summed E-state index contributed by atoms with van der Waals surface area (Å²) in [4.78, 5) is 15.8. The normalized spacial score (nSPS) is 10.5. The van der Waals surface area contributed by atoms with Gasteiger partial charge in [-0.25, -0.2) is 9.78 Å². The quantitative estimate of drug-likeness (QED) is 0.749. The minimum Gasteiger partial charge on any atom is -0.478 e. The predicted molar refractivity (Wildman–Crippen MR) is 93.7 cm³/mol. The highest BCUT2D eigenvalue weighted by atomic mass is 16.5. The molecule has 2 rings (SSSR count). The van der Waals surface area contributed by atoms with Crippen molar-refractivity contribution >= 4 is 12.2 Å². The van der Waals surface area contributed by atoms with Gasteiger partial charge in [0.1, 0.15) is 6.61 Å². The van der Waals surface area contributed by atoms with Crippen LogP contribution in [0.2, 0.25) is 0 Å². The fourth-order valence-corrected chi connectivity index (χ4v) is 1.97. The maximum absolute atomic E-state index is 11.6. The molecule has 24 heavy (non-hydrogen) atoms. The van der Waals surface area contributed by atoms with Crippen LogP contribution < -0.4 is 10.1 Å². The van der Waals surface area contributed by atoms with E-state index in [0.717, 1.165) is 11.1 Å². The Balaban J connectivity index is 1.62. The first-order chi connectivity index (χ1) is 11.8. The van der Waals surface area contributed by atoms with Gasteiger partial charge < -0.3 is 14.8 Å². The zero-order valence-corrected chi connectivity index (χ0v) is 13.8. The Bertz CT molecular complexity index is 639. The average Bonchev–Trinajstić information content (AvgIpc) is 2.62. The largest absolute Gasteiger partial charge is 0.478 e. The van der Waals surface area contributed by atoms with Crippen LogP contribution in [0.25, 0.3) is 6.08 Å². The van der Waals surface area contributed by atoms with E-state index in [1.807, 2.05) is 61.5 Å². The zero-order chi connectivity index (χ0) is 17.0. The van der Waals surface area contributed by atoms with E-state index in [4.69, 9.17) is 9.47 Å². The van der Waals surface area contributed by atoms with E-state index in [1.54, 1.807) is 6.20 Å². The molecular formula is C19H22N2O3. The second-order valence-corrected chi connectivity index (χ2v) is 5.04. The van der Waals surface area contributed by atoms with Gasteiger partial charge in [-0.3, -0.25) is 0 Å². The molecule has 0 aliphatic rings. The van der Waals surface area contributed by atoms with Crippen molar-refractivity contribution in [1.29, 1.82) is 0 Å². The minimum absolute atomic E-state index is 0.278. The van der Waals surface area contributed by atoms with Crippen LogP contribution in [0, 0.1) is 0 Å². The van der Waals surface area contributed by atoms with E-state index in [9.17, 15) is 4.79 Å². The SMILES string of the molecule is CCOc1ccc(C=CCCNC(=O)OCc2ccccc2)cn1. The number of nitrogens with one attached hydrogen (secondary N) is 1. The highest BCUT2D eigenvalue weighted by Crippen LogP contribution is 2.08. The maximum Gasteiger partial charge on any atom is 0.407 e. The summed E-state index contributed by atoms with van der Waals surface area (Å²) in [5.74, 6) is 0.623. The van der Waals surface area contributed by atoms with E-state index in [-0.39, 0.29) is 6.61 Å². The van der Waals surface area contributed by atoms with Crippen molar-refractivity contribution in [3.05, 3.63) is 65.9 Å². The molecule has 5 heteroatoms. The van der Waals surface area contributed by atoms with Crippen molar-refractivity contribution in [2.75, 3.05) is 13.2 Å². The highest BCUT2D eigenvalue weighted by Gasteiger charge is 2.00. The molecule has 1 heterocycles. The van der Waals surface area contributed by atoms with E-state index in [2.05, 4.69) is 10.3 Å². The van der Waals surface area contributed by atoms with Crippen LogP contribution in [0.4, 0.5) is 4.79 Å². The number of hydrogen-bond donors (Lipinski definition) is 1. The Kier molecular flexibility index (Phi) is 7.34. The summed E-state index contributed by atoms with van der Waals surface area (Å²) >= 11 is 0. The number of alkyl carbamates (subject to hydrolysis) is 1. The third-order valence-electron chi connectivity index (χ3n) is 3.15. The first kappa shape index (κ1) is 17.5. The third-order valence-corrected chi connectivity index (χ3v) is 3.15. The molecule has 5 nitrogen and oxygen atoms in total. The molecule has 1 aromatic heterocycles. The molecule has 126 valence electrons. The highest BCUT2D eigenvalue weighted by molar-refractivity contribution is 5.67. The molecule has 1 amide bonds. The summed E-state index contributed by atoms with van der Waals surface area (Å²) in [5, 5.41) is 2.72. The Labute approximate surface area is 142 Å². The summed E-state index contributed by atoms with van der Waals surface area (Å²) in [6, 6.07) is 13.4. The summed E-state index contributed by atoms with van der Waals surface area (Å²) in [6.07, 6.45) is 6.00. The number of ether oxygens (including phenoxy) is 2. The van der Waals surface area contributed by atoms with Gasteiger partial charge in [0.05, 0.1) is 6.61 Å². The molecule has 0 fully saturated rings. The predicted octanol–water partition coefficient (Wildman–Crippen LogP) is 3.81. The lowest BCUT2D eigenvalue weighted by molar-refractivity contribution is 0.140. The number of carbonyl (C=O) groups excluding carboxylic acids is 1. The molecule has 1 N–H and O–H groups in total. The first-order valence-corrected chi connectivity index (χ1v) is 7.98. The summed E-state index contributed by atoms with van der Waals surface area (Å²) in [6.45, 7) is 3.33. The third kappa shape index (κ3) is 6.52. The average molecular weight is 326 g/mol. The number of pyridine rings is 1. The fraction of sp³-hybridized carbons (Fsp3) is 0.263. The van der Waals surface area contributed by atoms with E-state index >= 15 is 0 Å². The zero-order valence-electron chi connectivity index (χ0n) is 13.8. The summed E-state index contributed by atoms with van der Waals surface area (Å²) in [7, 11) is 0. The van der Waals surface area contributed by atoms with Gasteiger partial charge >= 0.3 is 6.09 Å². The van der Waals surface area contributed by atoms with Gasteiger partial charge in [-0.1, -0.05) is 42.5 Å². The molecule has 2 aromatic rings. The molecule has 0 unspecified atom stereocenters. The monoisotopic (exact) mass is 326 g/mol. The molecule has 0 radical (unpaired) electrons. The van der Waals surface area contributed by atoms with E-state index in [1.165, 1.54) is 0 Å². The smallest absolute Gasteiger partial charge is 0.407 e. The molecule has 0 atom stereocenters. The number of amides is 1. The standard InChI is InChI=1S/C19H22N2O3/c1-2-23-18-12-11-16(14-21-18)8-6-7-13-20-19(22)24-15-17-9-4-3-5-10-17/h3-6,8-12,14H,2,7,13,15H2,1H3,(H,20,22). The van der Waals surface area contributed by atoms with Gasteiger partial charge in [0.25, 0.3) is 0 Å². The molecule has 0 spiro atoms. The molecule has 1 aromatic carbocycles. The van der Waals surface area contributed by atoms with Crippen LogP contribution >= 0.6 is 0 Å². The second-order valence-electron chi connectivity index (χ2n) is 5.04. The molecular weight excluding hydrogens is 304 g/mol. The van der Waals surface area contributed by atoms with E-state index in [0.29, 0.717) is 25.5 Å². The Morgan fingerprint density at radius 1 is 1.21 bits per heavy atom. The lowest BCUT2D eigenvalue weighted by Crippen LogP contribution is -2.24. The number of nitrogens with zero attached hydrogens (tertiary/aromatic N) is 1. The number of carbonyl (C=O) groups is 1. The summed E-state index contributed by atoms with van der Waals surface area (Å²) in [5.41, 5.74) is 1.96. The minimum atomic E-state index is -0.407. The van der Waals surface area contributed by atoms with Crippen molar-refractivity contribution in [2.24, 2.45) is 0 Å². The molecule has 0 bridgehead atoms. The van der Waals surface area contributed by atoms with Crippen LogP contribution in [-0.4, -0.2) is 24.2 Å². The maximum atomic E-state index is 11.6. The molecule has 0 saturated heterocycles. The second kappa shape index (κ2) is 10.0. The van der Waals surface area contributed by atoms with Crippen LogP contribution in [0.15, 0.2) is 54.7 Å². The van der Waals surface area contributed by atoms with Gasteiger partial charge in [-0.15, -0.1) is 0 Å². The van der Waals surface area contributed by atoms with E-state index < -0.39 is 6.09 Å². The van der Waals surface area contributed by atoms with Gasteiger partial charge in [0.15, 0.2) is 0 Å². The Morgan fingerprint density at radius 3 is 2.75 bits per heavy atom. The van der Waals surface area contributed by atoms with Crippen LogP contribution in [0.3, 0.4) is 0 Å². The molecule has 0 aliphatic carbocycles. The molecule has 0 aliphatic heterocycles. The van der Waals surface area contributed by atoms with Crippen LogP contribution in [-0.2, 0) is 11.3 Å². The topological polar surface area (TPSA) is 60.5 Å². The summed E-state index contributed by atoms with van der Waals surface area (Å²) < 4.78 is 10.4. The molecule has 0 saturated carbocycles. The number of hydrogen-bond acceptors (Lipinski definition) is 4. The van der Waals surface area contributed by atoms with Crippen molar-refractivity contribution in [3.8, 4) is 5.88 Å². The van der Waals surface area contributed by atoms with Crippen LogP contribution in [0.1, 0.15) is 24.5 Å². The number of aromatic nitrogens is 1. The van der Waals surface area contributed by atoms with Gasteiger partial charge in [-0.2, -0.15) is 0 Å². The van der Waals surface area contributed by atoms with Crippen LogP contribution in [0.5, 0.6) is 5.88 Å². The van der Waals surface area contributed by atoms with Crippen molar-refractivity contribution in [2.45, 2.75) is 20.0 Å². The van der Waals surface area contributed by atoms with Gasteiger partial charge in [0, 0.05) is 18.8 Å². The number of benzene rings is 1. The lowest BCUT2D eigenvalue weighted by Gasteiger charge is -2.05. The van der Waals surface area contributed by atoms with Gasteiger partial charge in [0.2, 0.25) is 5.88 Å². The van der Waals surface area contributed by atoms with Crippen molar-refractivity contribution < 1.29 is 14.3 Å². The first-order valence-electron chi connectivity index (χ1n) is 7.98. The van der Waals surface area contributed by atoms with Gasteiger partial charge in [-0.05, 0) is 30.5 Å². The number of rotatable bonds is 8. The Morgan fingerprint density at radius 2 is 2.04 bits per heavy atom. The lowest BCUT2D eigenvalue weighted by atomic mass is 10.2. The van der Waals surface area contributed by atoms with Crippen molar-refractivity contribution in [3.63, 3.8) is 0 Å². The Hall–Kier alpha value is -2.82. The van der Waals surface area contributed by atoms with Crippen molar-refractivity contribution in [1.82, 2.24) is 10.3 Å². The fourth-order valence-electron chi connectivity index (χ4n) is 1.97.